The lowest BCUT2D eigenvalue weighted by Gasteiger charge is -2.56. The molecule has 4 heteroatoms. The zero-order chi connectivity index (χ0) is 46.4. The van der Waals surface area contributed by atoms with Crippen LogP contribution in [0.25, 0.3) is 0 Å². The zero-order valence-electron chi connectivity index (χ0n) is 42.3. The quantitative estimate of drug-likeness (QED) is 0.0658. The van der Waals surface area contributed by atoms with Crippen molar-refractivity contribution in [3.05, 3.63) is 142 Å². The first kappa shape index (κ1) is 52.3. The Morgan fingerprint density at radius 3 is 1.08 bits per heavy atom. The second-order valence-corrected chi connectivity index (χ2v) is 22.0. The molecule has 4 aromatic carbocycles. The molecule has 2 radical (unpaired) electrons. The second kappa shape index (κ2) is 23.3. The molecule has 0 spiro atoms. The lowest BCUT2D eigenvalue weighted by atomic mass is 9.47. The fourth-order valence-corrected chi connectivity index (χ4v) is 9.85. The fourth-order valence-electron chi connectivity index (χ4n) is 9.85. The van der Waals surface area contributed by atoms with Crippen molar-refractivity contribution in [3.63, 3.8) is 0 Å². The molecule has 4 aromatic rings. The number of hydrogen-bond acceptors (Lipinski definition) is 4. The minimum Gasteiger partial charge on any atom is -0.379 e. The van der Waals surface area contributed by atoms with E-state index in [2.05, 4.69) is 194 Å². The van der Waals surface area contributed by atoms with E-state index in [9.17, 15) is 0 Å². The highest BCUT2D eigenvalue weighted by Crippen LogP contribution is 2.59. The monoisotopic (exact) mass is 859 g/mol. The Kier molecular flexibility index (Phi) is 19.3. The van der Waals surface area contributed by atoms with Crippen LogP contribution in [0, 0.1) is 12.1 Å². The number of benzene rings is 4. The van der Waals surface area contributed by atoms with E-state index in [0.717, 1.165) is 58.2 Å². The van der Waals surface area contributed by atoms with Crippen molar-refractivity contribution in [2.45, 2.75) is 174 Å². The summed E-state index contributed by atoms with van der Waals surface area (Å²) in [5.74, 6) is 0. The summed E-state index contributed by atoms with van der Waals surface area (Å²) in [4.78, 5) is 0. The van der Waals surface area contributed by atoms with Gasteiger partial charge < -0.3 is 18.9 Å². The van der Waals surface area contributed by atoms with E-state index in [4.69, 9.17) is 18.9 Å². The Bertz CT molecular complexity index is 1790. The third kappa shape index (κ3) is 13.4. The molecule has 0 bridgehead atoms. The number of rotatable bonds is 24. The van der Waals surface area contributed by atoms with E-state index in [1.807, 2.05) is 0 Å². The van der Waals surface area contributed by atoms with Gasteiger partial charge in [-0.25, -0.2) is 0 Å². The molecule has 0 atom stereocenters. The molecule has 0 aliphatic heterocycles. The molecule has 0 saturated carbocycles. The van der Waals surface area contributed by atoms with Gasteiger partial charge in [0.25, 0.3) is 0 Å². The SMILES string of the molecule is CCCCOCCOCCC(CCOCCOCCCC)(c1c(C(C)(C)C)cccc1C(C)(C)C)C(Cc1c(C(C)(C)C)cccc1C(C)(C)C)(c1cc[c]cc1)c1cc[c]cc1. The smallest absolute Gasteiger partial charge is 0.0700 e. The third-order valence-corrected chi connectivity index (χ3v) is 13.0. The van der Waals surface area contributed by atoms with E-state index >= 15 is 0 Å². The first-order valence-electron chi connectivity index (χ1n) is 24.3. The summed E-state index contributed by atoms with van der Waals surface area (Å²) in [5, 5.41) is 0. The average Bonchev–Trinajstić information content (AvgIpc) is 3.23. The molecule has 0 amide bonds. The lowest BCUT2D eigenvalue weighted by Crippen LogP contribution is -2.55. The number of unbranched alkanes of at least 4 members (excludes halogenated alkanes) is 2. The van der Waals surface area contributed by atoms with E-state index in [1.165, 1.54) is 44.5 Å². The van der Waals surface area contributed by atoms with Gasteiger partial charge in [-0.15, -0.1) is 0 Å². The molecule has 4 rings (SSSR count). The Hall–Kier alpha value is -3.28. The summed E-state index contributed by atoms with van der Waals surface area (Å²) in [5.41, 5.74) is 9.11. The van der Waals surface area contributed by atoms with Gasteiger partial charge in [0.1, 0.15) is 0 Å². The standard InChI is InChI=1S/C59H86O4/c1-15-17-37-60-41-43-62-39-35-58(36-40-63-44-42-61-38-18-16-2,53-51(56(9,10)11)33-26-34-52(53)57(12,13)14)59(46-27-21-19-22-28-46,47-29-23-20-24-30-47)45-48-49(54(3,4)5)31-25-32-50(48)55(6,7)8/h21-34H,15-18,35-45H2,1-14H3. The highest BCUT2D eigenvalue weighted by molar-refractivity contribution is 5.58. The van der Waals surface area contributed by atoms with Gasteiger partial charge in [-0.2, -0.15) is 0 Å². The van der Waals surface area contributed by atoms with Crippen LogP contribution in [0.2, 0.25) is 0 Å². The van der Waals surface area contributed by atoms with Crippen molar-refractivity contribution in [2.75, 3.05) is 52.9 Å². The Morgan fingerprint density at radius 1 is 0.413 bits per heavy atom. The van der Waals surface area contributed by atoms with Crippen LogP contribution < -0.4 is 0 Å². The summed E-state index contributed by atoms with van der Waals surface area (Å²) in [6, 6.07) is 39.0. The van der Waals surface area contributed by atoms with E-state index in [-0.39, 0.29) is 21.7 Å². The van der Waals surface area contributed by atoms with Crippen molar-refractivity contribution in [3.8, 4) is 0 Å². The maximum Gasteiger partial charge on any atom is 0.0700 e. The molecule has 346 valence electrons. The summed E-state index contributed by atoms with van der Waals surface area (Å²) >= 11 is 0. The van der Waals surface area contributed by atoms with Gasteiger partial charge in [0, 0.05) is 37.3 Å². The van der Waals surface area contributed by atoms with Crippen LogP contribution in [0.5, 0.6) is 0 Å². The molecular formula is C59H86O4. The van der Waals surface area contributed by atoms with Crippen LogP contribution >= 0.6 is 0 Å². The average molecular weight is 859 g/mol. The van der Waals surface area contributed by atoms with Gasteiger partial charge in [-0.3, -0.25) is 0 Å². The summed E-state index contributed by atoms with van der Waals surface area (Å²) in [6.07, 6.45) is 6.64. The number of hydrogen-bond donors (Lipinski definition) is 0. The maximum absolute atomic E-state index is 6.80. The summed E-state index contributed by atoms with van der Waals surface area (Å²) in [6.45, 7) is 37.9. The van der Waals surface area contributed by atoms with Crippen LogP contribution in [0.1, 0.15) is 180 Å². The Labute approximate surface area is 386 Å². The topological polar surface area (TPSA) is 36.9 Å². The van der Waals surface area contributed by atoms with Crippen molar-refractivity contribution < 1.29 is 18.9 Å². The summed E-state index contributed by atoms with van der Waals surface area (Å²) in [7, 11) is 0. The molecule has 4 nitrogen and oxygen atoms in total. The number of ether oxygens (including phenoxy) is 4. The van der Waals surface area contributed by atoms with Gasteiger partial charge in [0.15, 0.2) is 0 Å². The second-order valence-electron chi connectivity index (χ2n) is 22.0. The van der Waals surface area contributed by atoms with Gasteiger partial charge in [0.05, 0.1) is 26.4 Å². The predicted octanol–water partition coefficient (Wildman–Crippen LogP) is 14.4. The zero-order valence-corrected chi connectivity index (χ0v) is 42.3. The first-order valence-corrected chi connectivity index (χ1v) is 24.3. The van der Waals surface area contributed by atoms with Crippen LogP contribution in [-0.2, 0) is 57.9 Å². The molecule has 0 unspecified atom stereocenters. The normalized spacial score (nSPS) is 13.2. The van der Waals surface area contributed by atoms with Crippen LogP contribution in [0.4, 0.5) is 0 Å². The molecular weight excluding hydrogens is 773 g/mol. The minimum absolute atomic E-state index is 0.110. The van der Waals surface area contributed by atoms with Crippen LogP contribution in [0.3, 0.4) is 0 Å². The van der Waals surface area contributed by atoms with Gasteiger partial charge in [-0.05, 0) is 110 Å². The van der Waals surface area contributed by atoms with Crippen molar-refractivity contribution in [1.29, 1.82) is 0 Å². The minimum atomic E-state index is -0.637. The third-order valence-electron chi connectivity index (χ3n) is 13.0. The maximum atomic E-state index is 6.80. The molecule has 0 saturated heterocycles. The van der Waals surface area contributed by atoms with Gasteiger partial charge >= 0.3 is 0 Å². The molecule has 0 aliphatic rings. The summed E-state index contributed by atoms with van der Waals surface area (Å²) < 4.78 is 25.7. The molecule has 0 fully saturated rings. The van der Waals surface area contributed by atoms with Crippen molar-refractivity contribution in [1.82, 2.24) is 0 Å². The lowest BCUT2D eigenvalue weighted by molar-refractivity contribution is 0.0167. The molecule has 63 heavy (non-hydrogen) atoms. The molecule has 0 N–H and O–H groups in total. The van der Waals surface area contributed by atoms with Crippen LogP contribution in [0.15, 0.2) is 84.9 Å². The van der Waals surface area contributed by atoms with Crippen molar-refractivity contribution in [2.24, 2.45) is 0 Å². The Morgan fingerprint density at radius 2 is 0.746 bits per heavy atom. The molecule has 0 aliphatic carbocycles. The highest BCUT2D eigenvalue weighted by atomic mass is 16.5. The largest absolute Gasteiger partial charge is 0.379 e. The van der Waals surface area contributed by atoms with E-state index in [1.54, 1.807) is 0 Å². The molecule has 0 aromatic heterocycles. The van der Waals surface area contributed by atoms with Gasteiger partial charge in [0.2, 0.25) is 0 Å². The Balaban J connectivity index is 2.25. The highest BCUT2D eigenvalue weighted by Gasteiger charge is 2.57. The van der Waals surface area contributed by atoms with Gasteiger partial charge in [-0.1, -0.05) is 195 Å². The van der Waals surface area contributed by atoms with E-state index in [0.29, 0.717) is 39.6 Å². The fraction of sp³-hybridized carbons (Fsp3) is 0.593. The van der Waals surface area contributed by atoms with Crippen molar-refractivity contribution >= 4 is 0 Å². The van der Waals surface area contributed by atoms with Crippen LogP contribution in [-0.4, -0.2) is 52.9 Å². The van der Waals surface area contributed by atoms with E-state index < -0.39 is 10.8 Å². The first-order chi connectivity index (χ1) is 29.8. The predicted molar refractivity (Wildman–Crippen MR) is 267 cm³/mol. The molecule has 0 heterocycles.